The summed E-state index contributed by atoms with van der Waals surface area (Å²) in [7, 11) is -1.30. The van der Waals surface area contributed by atoms with Crippen molar-refractivity contribution in [2.24, 2.45) is 10.8 Å². The summed E-state index contributed by atoms with van der Waals surface area (Å²) in [5.41, 5.74) is 1.78. The van der Waals surface area contributed by atoms with E-state index in [1.807, 2.05) is 0 Å². The highest BCUT2D eigenvalue weighted by molar-refractivity contribution is 6.81. The molecule has 0 nitrogen and oxygen atoms in total. The molecule has 1 atom stereocenters. The maximum Gasteiger partial charge on any atom is 0.0564 e. The zero-order valence-electron chi connectivity index (χ0n) is 15.0. The van der Waals surface area contributed by atoms with E-state index in [0.29, 0.717) is 15.9 Å². The van der Waals surface area contributed by atoms with Crippen molar-refractivity contribution < 1.29 is 0 Å². The van der Waals surface area contributed by atoms with Crippen LogP contribution in [0.1, 0.15) is 75.2 Å². The maximum atomic E-state index is 2.61. The molecule has 0 amide bonds. The van der Waals surface area contributed by atoms with Gasteiger partial charge in [-0.2, -0.15) is 0 Å². The van der Waals surface area contributed by atoms with E-state index in [1.165, 1.54) is 12.8 Å². The van der Waals surface area contributed by atoms with E-state index >= 15 is 0 Å². The first kappa shape index (κ1) is 18.2. The van der Waals surface area contributed by atoms with E-state index < -0.39 is 8.07 Å². The van der Waals surface area contributed by atoms with E-state index in [-0.39, 0.29) is 0 Å². The van der Waals surface area contributed by atoms with Gasteiger partial charge in [0.1, 0.15) is 0 Å². The molecule has 0 bridgehead atoms. The minimum atomic E-state index is -1.30. The molecule has 0 aromatic carbocycles. The minimum Gasteiger partial charge on any atom is -0.0687 e. The number of hydrogen-bond acceptors (Lipinski definition) is 0. The zero-order chi connectivity index (χ0) is 15.0. The van der Waals surface area contributed by atoms with E-state index in [4.69, 9.17) is 0 Å². The van der Waals surface area contributed by atoms with Gasteiger partial charge in [-0.25, -0.2) is 0 Å². The lowest BCUT2D eigenvalue weighted by atomic mass is 9.78. The van der Waals surface area contributed by atoms with Gasteiger partial charge in [0.15, 0.2) is 0 Å². The molecule has 0 rings (SSSR count). The Bertz CT molecular complexity index is 260. The largest absolute Gasteiger partial charge is 0.0687 e. The molecule has 0 aliphatic rings. The van der Waals surface area contributed by atoms with Crippen molar-refractivity contribution in [1.82, 2.24) is 0 Å². The molecule has 0 aliphatic carbocycles. The summed E-state index contributed by atoms with van der Waals surface area (Å²) >= 11 is 0. The van der Waals surface area contributed by atoms with Gasteiger partial charge in [0, 0.05) is 0 Å². The van der Waals surface area contributed by atoms with Crippen LogP contribution >= 0.6 is 0 Å². The second-order valence-electron chi connectivity index (χ2n) is 9.61. The first-order valence-electron chi connectivity index (χ1n) is 7.65. The third-order valence-corrected chi connectivity index (χ3v) is 12.2. The maximum absolute atomic E-state index is 2.61. The van der Waals surface area contributed by atoms with Gasteiger partial charge >= 0.3 is 0 Å². The van der Waals surface area contributed by atoms with Crippen molar-refractivity contribution in [3.8, 4) is 0 Å². The smallest absolute Gasteiger partial charge is 0.0564 e. The zero-order valence-corrected chi connectivity index (χ0v) is 16.0. The van der Waals surface area contributed by atoms with Gasteiger partial charge < -0.3 is 0 Å². The molecule has 110 valence electrons. The molecule has 0 saturated carbocycles. The van der Waals surface area contributed by atoms with Crippen LogP contribution in [0.4, 0.5) is 0 Å². The van der Waals surface area contributed by atoms with Crippen LogP contribution in [0, 0.1) is 10.8 Å². The fourth-order valence-corrected chi connectivity index (χ4v) is 7.14. The van der Waals surface area contributed by atoms with Crippen LogP contribution in [0.15, 0.2) is 0 Å². The van der Waals surface area contributed by atoms with Crippen molar-refractivity contribution >= 4 is 8.07 Å². The fraction of sp³-hybridized carbons (Fsp3) is 1.00. The normalized spacial score (nSPS) is 16.8. The quantitative estimate of drug-likeness (QED) is 0.496. The summed E-state index contributed by atoms with van der Waals surface area (Å²) in [6.45, 7) is 27.1. The van der Waals surface area contributed by atoms with Crippen LogP contribution in [0.3, 0.4) is 0 Å². The molecule has 0 spiro atoms. The summed E-state index contributed by atoms with van der Waals surface area (Å²) in [5.74, 6) is 0. The summed E-state index contributed by atoms with van der Waals surface area (Å²) in [4.78, 5) is 0. The summed E-state index contributed by atoms with van der Waals surface area (Å²) in [6, 6.07) is 0. The van der Waals surface area contributed by atoms with Gasteiger partial charge in [-0.15, -0.1) is 0 Å². The molecule has 1 heteroatoms. The summed E-state index contributed by atoms with van der Waals surface area (Å²) in [5, 5.41) is 0.481. The highest BCUT2D eigenvalue weighted by Gasteiger charge is 2.48. The van der Waals surface area contributed by atoms with Crippen molar-refractivity contribution in [2.75, 3.05) is 0 Å². The Kier molecular flexibility index (Phi) is 5.37. The Hall–Kier alpha value is 0.217. The lowest BCUT2D eigenvalue weighted by Gasteiger charge is -2.51. The van der Waals surface area contributed by atoms with Crippen LogP contribution in [-0.4, -0.2) is 8.07 Å². The Morgan fingerprint density at radius 3 is 1.44 bits per heavy atom. The highest BCUT2D eigenvalue weighted by atomic mass is 28.3. The number of hydrogen-bond donors (Lipinski definition) is 0. The first-order chi connectivity index (χ1) is 7.65. The highest BCUT2D eigenvalue weighted by Crippen LogP contribution is 2.55. The monoisotopic (exact) mass is 270 g/mol. The van der Waals surface area contributed by atoms with Gasteiger partial charge in [0.25, 0.3) is 0 Å². The molecular formula is C17H38Si. The van der Waals surface area contributed by atoms with Crippen molar-refractivity contribution in [2.45, 2.75) is 98.8 Å². The van der Waals surface area contributed by atoms with Crippen LogP contribution in [0.5, 0.6) is 0 Å². The molecule has 0 N–H and O–H groups in total. The summed E-state index contributed by atoms with van der Waals surface area (Å²) in [6.07, 6.45) is 2.66. The third kappa shape index (κ3) is 4.40. The average molecular weight is 271 g/mol. The second-order valence-corrected chi connectivity index (χ2v) is 15.3. The van der Waals surface area contributed by atoms with E-state index in [9.17, 15) is 0 Å². The molecule has 0 aromatic rings. The first-order valence-corrected chi connectivity index (χ1v) is 10.7. The van der Waals surface area contributed by atoms with Gasteiger partial charge in [-0.05, 0) is 27.8 Å². The SMILES string of the molecule is CCC(C)(C)CC(C(C)(C)C)[Si](C)(C)C(C)(C)C. The molecule has 18 heavy (non-hydrogen) atoms. The van der Waals surface area contributed by atoms with E-state index in [1.54, 1.807) is 0 Å². The Morgan fingerprint density at radius 1 is 0.833 bits per heavy atom. The van der Waals surface area contributed by atoms with Gasteiger partial charge in [-0.3, -0.25) is 0 Å². The fourth-order valence-electron chi connectivity index (χ4n) is 2.86. The molecule has 1 unspecified atom stereocenters. The molecule has 0 radical (unpaired) electrons. The summed E-state index contributed by atoms with van der Waals surface area (Å²) < 4.78 is 0. The Balaban J connectivity index is 5.41. The minimum absolute atomic E-state index is 0.426. The van der Waals surface area contributed by atoms with Crippen LogP contribution in [0.2, 0.25) is 23.7 Å². The second kappa shape index (κ2) is 5.30. The predicted molar refractivity (Wildman–Crippen MR) is 89.1 cm³/mol. The van der Waals surface area contributed by atoms with Crippen molar-refractivity contribution in [3.05, 3.63) is 0 Å². The third-order valence-electron chi connectivity index (χ3n) is 5.56. The Labute approximate surface area is 118 Å². The van der Waals surface area contributed by atoms with Crippen molar-refractivity contribution in [1.29, 1.82) is 0 Å². The predicted octanol–water partition coefficient (Wildman–Crippen LogP) is 6.74. The number of rotatable bonds is 4. The topological polar surface area (TPSA) is 0 Å². The van der Waals surface area contributed by atoms with Gasteiger partial charge in [0.05, 0.1) is 8.07 Å². The lowest BCUT2D eigenvalue weighted by molar-refractivity contribution is 0.239. The van der Waals surface area contributed by atoms with E-state index in [2.05, 4.69) is 75.4 Å². The van der Waals surface area contributed by atoms with Gasteiger partial charge in [0.2, 0.25) is 0 Å². The average Bonchev–Trinajstić information content (AvgIpc) is 2.10. The molecule has 0 aromatic heterocycles. The lowest BCUT2D eigenvalue weighted by Crippen LogP contribution is -2.48. The Morgan fingerprint density at radius 2 is 1.22 bits per heavy atom. The van der Waals surface area contributed by atoms with Gasteiger partial charge in [-0.1, -0.05) is 81.8 Å². The molecule has 0 saturated heterocycles. The van der Waals surface area contributed by atoms with Crippen LogP contribution in [0.25, 0.3) is 0 Å². The molecular weight excluding hydrogens is 232 g/mol. The molecule has 0 aliphatic heterocycles. The molecule has 0 heterocycles. The van der Waals surface area contributed by atoms with Crippen molar-refractivity contribution in [3.63, 3.8) is 0 Å². The van der Waals surface area contributed by atoms with Crippen LogP contribution in [-0.2, 0) is 0 Å². The van der Waals surface area contributed by atoms with E-state index in [0.717, 1.165) is 5.54 Å². The van der Waals surface area contributed by atoms with Crippen LogP contribution < -0.4 is 0 Å². The standard InChI is InChI=1S/C17H38Si/c1-12-17(8,9)13-14(15(2,3)4)18(10,11)16(5,6)7/h14H,12-13H2,1-11H3. The molecule has 0 fully saturated rings.